The topological polar surface area (TPSA) is 32.3 Å². The molecule has 2 rings (SSSR count). The molecule has 1 aromatic carbocycles. The van der Waals surface area contributed by atoms with Crippen molar-refractivity contribution in [2.24, 2.45) is 5.92 Å². The third-order valence-electron chi connectivity index (χ3n) is 4.22. The normalized spacial score (nSPS) is 17.5. The van der Waals surface area contributed by atoms with E-state index in [0.717, 1.165) is 18.8 Å². The van der Waals surface area contributed by atoms with Crippen molar-refractivity contribution >= 4 is 0 Å². The predicted molar refractivity (Wildman–Crippen MR) is 80.3 cm³/mol. The van der Waals surface area contributed by atoms with Crippen LogP contribution in [0, 0.1) is 5.92 Å². The molecule has 2 N–H and O–H groups in total. The van der Waals surface area contributed by atoms with Crippen LogP contribution in [0.25, 0.3) is 0 Å². The van der Waals surface area contributed by atoms with Crippen molar-refractivity contribution in [2.45, 2.75) is 58.1 Å². The van der Waals surface area contributed by atoms with Crippen LogP contribution in [0.5, 0.6) is 0 Å². The first-order valence-electron chi connectivity index (χ1n) is 7.50. The number of β-amino-alcohol motifs (C(OH)–C–C–N with tert-alkyl or cyclic N) is 1. The van der Waals surface area contributed by atoms with Crippen LogP contribution < -0.4 is 5.32 Å². The average molecular weight is 261 g/mol. The number of rotatable bonds is 6. The molecule has 0 saturated carbocycles. The highest BCUT2D eigenvalue weighted by Crippen LogP contribution is 2.31. The van der Waals surface area contributed by atoms with Gasteiger partial charge in [-0.3, -0.25) is 0 Å². The van der Waals surface area contributed by atoms with E-state index in [1.807, 2.05) is 6.92 Å². The Kier molecular flexibility index (Phi) is 4.64. The molecule has 1 atom stereocenters. The second-order valence-corrected chi connectivity index (χ2v) is 6.57. The molecule has 1 aromatic rings. The average Bonchev–Trinajstić information content (AvgIpc) is 2.77. The van der Waals surface area contributed by atoms with Gasteiger partial charge in [-0.1, -0.05) is 31.2 Å². The first-order valence-corrected chi connectivity index (χ1v) is 7.50. The predicted octanol–water partition coefficient (Wildman–Crippen LogP) is 2.93. The van der Waals surface area contributed by atoms with E-state index in [4.69, 9.17) is 0 Å². The van der Waals surface area contributed by atoms with Crippen LogP contribution in [-0.4, -0.2) is 23.3 Å². The van der Waals surface area contributed by atoms with E-state index in [0.29, 0.717) is 6.54 Å². The van der Waals surface area contributed by atoms with E-state index >= 15 is 0 Å². The quantitative estimate of drug-likeness (QED) is 0.825. The van der Waals surface area contributed by atoms with Crippen LogP contribution >= 0.6 is 0 Å². The Hall–Kier alpha value is -0.860. The zero-order valence-electron chi connectivity index (χ0n) is 12.4. The Balaban J connectivity index is 1.85. The fourth-order valence-electron chi connectivity index (χ4n) is 3.13. The van der Waals surface area contributed by atoms with Gasteiger partial charge in [0.15, 0.2) is 0 Å². The highest BCUT2D eigenvalue weighted by molar-refractivity contribution is 5.32. The number of nitrogens with one attached hydrogen (secondary N) is 1. The van der Waals surface area contributed by atoms with Crippen molar-refractivity contribution in [1.82, 2.24) is 5.32 Å². The first-order chi connectivity index (χ1) is 9.00. The molecule has 0 radical (unpaired) electrons. The van der Waals surface area contributed by atoms with Gasteiger partial charge in [-0.15, -0.1) is 0 Å². The molecule has 0 heterocycles. The highest BCUT2D eigenvalue weighted by atomic mass is 16.3. The van der Waals surface area contributed by atoms with Gasteiger partial charge in [-0.2, -0.15) is 0 Å². The largest absolute Gasteiger partial charge is 0.392 e. The summed E-state index contributed by atoms with van der Waals surface area (Å²) in [5.41, 5.74) is 3.15. The lowest BCUT2D eigenvalue weighted by atomic mass is 9.88. The third-order valence-corrected chi connectivity index (χ3v) is 4.22. The summed E-state index contributed by atoms with van der Waals surface area (Å²) < 4.78 is 0. The molecule has 2 nitrogen and oxygen atoms in total. The van der Waals surface area contributed by atoms with Crippen LogP contribution in [0.15, 0.2) is 24.3 Å². The lowest BCUT2D eigenvalue weighted by Crippen LogP contribution is -2.44. The second-order valence-electron chi connectivity index (χ2n) is 6.57. The monoisotopic (exact) mass is 261 g/mol. The Morgan fingerprint density at radius 2 is 1.84 bits per heavy atom. The summed E-state index contributed by atoms with van der Waals surface area (Å²) in [6.45, 7) is 7.22. The number of hydrogen-bond donors (Lipinski definition) is 2. The van der Waals surface area contributed by atoms with Crippen molar-refractivity contribution in [3.63, 3.8) is 0 Å². The minimum absolute atomic E-state index is 0.100. The van der Waals surface area contributed by atoms with Gasteiger partial charge in [0.05, 0.1) is 6.10 Å². The standard InChI is InChI=1S/C17H27NO/c1-4-16(19)12-18-17(2,3)11-13-9-14-7-5-6-8-15(14)10-13/h5-8,13,16,18-19H,4,9-12H2,1-3H3/t16-/m0/s1. The lowest BCUT2D eigenvalue weighted by Gasteiger charge is -2.30. The van der Waals surface area contributed by atoms with Crippen molar-refractivity contribution in [3.8, 4) is 0 Å². The first kappa shape index (κ1) is 14.5. The minimum Gasteiger partial charge on any atom is -0.392 e. The maximum absolute atomic E-state index is 9.66. The molecular formula is C17H27NO. The van der Waals surface area contributed by atoms with Crippen molar-refractivity contribution in [2.75, 3.05) is 6.54 Å². The molecule has 0 unspecified atom stereocenters. The van der Waals surface area contributed by atoms with Gasteiger partial charge in [0.2, 0.25) is 0 Å². The van der Waals surface area contributed by atoms with Gasteiger partial charge < -0.3 is 10.4 Å². The van der Waals surface area contributed by atoms with Crippen molar-refractivity contribution < 1.29 is 5.11 Å². The van der Waals surface area contributed by atoms with Gasteiger partial charge in [0, 0.05) is 12.1 Å². The number of aliphatic hydroxyl groups excluding tert-OH is 1. The molecule has 0 aromatic heterocycles. The highest BCUT2D eigenvalue weighted by Gasteiger charge is 2.28. The van der Waals surface area contributed by atoms with Crippen LogP contribution in [0.3, 0.4) is 0 Å². The maximum Gasteiger partial charge on any atom is 0.0662 e. The smallest absolute Gasteiger partial charge is 0.0662 e. The van der Waals surface area contributed by atoms with E-state index in [9.17, 15) is 5.11 Å². The molecule has 1 aliphatic carbocycles. The van der Waals surface area contributed by atoms with Gasteiger partial charge in [0.1, 0.15) is 0 Å². The Morgan fingerprint density at radius 3 is 2.37 bits per heavy atom. The molecule has 106 valence electrons. The molecule has 2 heteroatoms. The number of fused-ring (bicyclic) bond motifs is 1. The maximum atomic E-state index is 9.66. The second kappa shape index (κ2) is 6.06. The van der Waals surface area contributed by atoms with E-state index in [1.165, 1.54) is 24.0 Å². The van der Waals surface area contributed by atoms with E-state index < -0.39 is 0 Å². The summed E-state index contributed by atoms with van der Waals surface area (Å²) in [5, 5.41) is 13.2. The number of hydrogen-bond acceptors (Lipinski definition) is 2. The van der Waals surface area contributed by atoms with Crippen molar-refractivity contribution in [1.29, 1.82) is 0 Å². The summed E-state index contributed by atoms with van der Waals surface area (Å²) in [6, 6.07) is 8.80. The third kappa shape index (κ3) is 4.05. The molecule has 0 bridgehead atoms. The summed E-state index contributed by atoms with van der Waals surface area (Å²) >= 11 is 0. The van der Waals surface area contributed by atoms with Crippen LogP contribution in [0.2, 0.25) is 0 Å². The van der Waals surface area contributed by atoms with Gasteiger partial charge in [-0.05, 0) is 56.6 Å². The molecular weight excluding hydrogens is 234 g/mol. The summed E-state index contributed by atoms with van der Waals surface area (Å²) in [7, 11) is 0. The number of aliphatic hydroxyl groups is 1. The van der Waals surface area contributed by atoms with Gasteiger partial charge in [-0.25, -0.2) is 0 Å². The minimum atomic E-state index is -0.222. The Labute approximate surface area is 117 Å². The summed E-state index contributed by atoms with van der Waals surface area (Å²) in [5.74, 6) is 0.735. The fourth-order valence-corrected chi connectivity index (χ4v) is 3.13. The zero-order chi connectivity index (χ0) is 13.9. The zero-order valence-corrected chi connectivity index (χ0v) is 12.4. The van der Waals surface area contributed by atoms with E-state index in [2.05, 4.69) is 43.4 Å². The lowest BCUT2D eigenvalue weighted by molar-refractivity contribution is 0.149. The molecule has 0 fully saturated rings. The number of benzene rings is 1. The summed E-state index contributed by atoms with van der Waals surface area (Å²) in [6.07, 6.45) is 4.17. The Bertz CT molecular complexity index is 388. The summed E-state index contributed by atoms with van der Waals surface area (Å²) in [4.78, 5) is 0. The van der Waals surface area contributed by atoms with Gasteiger partial charge >= 0.3 is 0 Å². The molecule has 1 aliphatic rings. The van der Waals surface area contributed by atoms with Crippen LogP contribution in [0.1, 0.15) is 44.7 Å². The van der Waals surface area contributed by atoms with E-state index in [-0.39, 0.29) is 11.6 Å². The van der Waals surface area contributed by atoms with Crippen LogP contribution in [0.4, 0.5) is 0 Å². The SMILES string of the molecule is CC[C@H](O)CNC(C)(C)CC1Cc2ccccc2C1. The molecule has 0 aliphatic heterocycles. The fraction of sp³-hybridized carbons (Fsp3) is 0.647. The van der Waals surface area contributed by atoms with Gasteiger partial charge in [0.25, 0.3) is 0 Å². The molecule has 0 saturated heterocycles. The molecule has 19 heavy (non-hydrogen) atoms. The molecule has 0 spiro atoms. The van der Waals surface area contributed by atoms with Crippen LogP contribution in [-0.2, 0) is 12.8 Å². The van der Waals surface area contributed by atoms with E-state index in [1.54, 1.807) is 0 Å². The Morgan fingerprint density at radius 1 is 1.26 bits per heavy atom. The van der Waals surface area contributed by atoms with Crippen molar-refractivity contribution in [3.05, 3.63) is 35.4 Å². The molecule has 0 amide bonds.